The Hall–Kier alpha value is -2.89. The van der Waals surface area contributed by atoms with Gasteiger partial charge in [-0.2, -0.15) is 0 Å². The Morgan fingerprint density at radius 3 is 2.48 bits per heavy atom. The second-order valence-corrected chi connectivity index (χ2v) is 5.61. The lowest BCUT2D eigenvalue weighted by molar-refractivity contribution is -0.120. The van der Waals surface area contributed by atoms with Crippen molar-refractivity contribution < 1.29 is 18.7 Å². The topological polar surface area (TPSA) is 67.4 Å². The predicted molar refractivity (Wildman–Crippen MR) is 94.1 cm³/mol. The first-order chi connectivity index (χ1) is 12.0. The summed E-state index contributed by atoms with van der Waals surface area (Å²) in [7, 11) is 1.57. The SMILES string of the molecule is COc1ccc(NC(C)=O)cc1CCNC(=O)Cc1ccc(F)cc1. The van der Waals surface area contributed by atoms with Crippen LogP contribution in [0.15, 0.2) is 42.5 Å². The number of hydrogen-bond acceptors (Lipinski definition) is 3. The number of halogens is 1. The van der Waals surface area contributed by atoms with Gasteiger partial charge < -0.3 is 15.4 Å². The first kappa shape index (κ1) is 18.4. The molecule has 0 radical (unpaired) electrons. The molecule has 0 saturated carbocycles. The van der Waals surface area contributed by atoms with Crippen LogP contribution in [-0.2, 0) is 22.4 Å². The van der Waals surface area contributed by atoms with E-state index >= 15 is 0 Å². The van der Waals surface area contributed by atoms with Crippen molar-refractivity contribution in [3.05, 3.63) is 59.4 Å². The van der Waals surface area contributed by atoms with Gasteiger partial charge in [-0.25, -0.2) is 4.39 Å². The van der Waals surface area contributed by atoms with E-state index in [4.69, 9.17) is 4.74 Å². The van der Waals surface area contributed by atoms with Crippen LogP contribution in [0.2, 0.25) is 0 Å². The number of ether oxygens (including phenoxy) is 1. The van der Waals surface area contributed by atoms with E-state index in [9.17, 15) is 14.0 Å². The number of carbonyl (C=O) groups is 2. The third-order valence-corrected chi connectivity index (χ3v) is 3.60. The molecule has 0 spiro atoms. The standard InChI is InChI=1S/C19H21FN2O3/c1-13(23)22-17-7-8-18(25-2)15(12-17)9-10-21-19(24)11-14-3-5-16(20)6-4-14/h3-8,12H,9-11H2,1-2H3,(H,21,24)(H,22,23). The molecular formula is C19H21FN2O3. The van der Waals surface area contributed by atoms with Gasteiger partial charge in [0, 0.05) is 19.2 Å². The number of anilines is 1. The Kier molecular flexibility index (Phi) is 6.51. The minimum absolute atomic E-state index is 0.136. The molecule has 2 aromatic rings. The summed E-state index contributed by atoms with van der Waals surface area (Å²) in [5.41, 5.74) is 2.32. The summed E-state index contributed by atoms with van der Waals surface area (Å²) in [6, 6.07) is 11.2. The number of amides is 2. The molecule has 0 unspecified atom stereocenters. The van der Waals surface area contributed by atoms with Gasteiger partial charge in [0.25, 0.3) is 0 Å². The second-order valence-electron chi connectivity index (χ2n) is 5.61. The maximum absolute atomic E-state index is 12.9. The van der Waals surface area contributed by atoms with Crippen molar-refractivity contribution in [1.82, 2.24) is 5.32 Å². The van der Waals surface area contributed by atoms with Gasteiger partial charge >= 0.3 is 0 Å². The van der Waals surface area contributed by atoms with Gasteiger partial charge in [-0.15, -0.1) is 0 Å². The van der Waals surface area contributed by atoms with Crippen molar-refractivity contribution in [1.29, 1.82) is 0 Å². The highest BCUT2D eigenvalue weighted by Crippen LogP contribution is 2.23. The van der Waals surface area contributed by atoms with Crippen LogP contribution in [-0.4, -0.2) is 25.5 Å². The smallest absolute Gasteiger partial charge is 0.224 e. The monoisotopic (exact) mass is 344 g/mol. The van der Waals surface area contributed by atoms with Crippen LogP contribution >= 0.6 is 0 Å². The fraction of sp³-hybridized carbons (Fsp3) is 0.263. The number of carbonyl (C=O) groups excluding carboxylic acids is 2. The fourth-order valence-corrected chi connectivity index (χ4v) is 2.44. The summed E-state index contributed by atoms with van der Waals surface area (Å²) in [4.78, 5) is 23.1. The third kappa shape index (κ3) is 5.91. The van der Waals surface area contributed by atoms with Gasteiger partial charge in [-0.05, 0) is 47.9 Å². The molecule has 5 nitrogen and oxygen atoms in total. The van der Waals surface area contributed by atoms with Crippen LogP contribution in [0.25, 0.3) is 0 Å². The molecule has 25 heavy (non-hydrogen) atoms. The lowest BCUT2D eigenvalue weighted by Gasteiger charge is -2.12. The van der Waals surface area contributed by atoms with Crippen LogP contribution in [0.3, 0.4) is 0 Å². The van der Waals surface area contributed by atoms with E-state index in [1.165, 1.54) is 19.1 Å². The Bertz CT molecular complexity index is 745. The van der Waals surface area contributed by atoms with Crippen molar-refractivity contribution >= 4 is 17.5 Å². The molecule has 0 aliphatic carbocycles. The number of nitrogens with one attached hydrogen (secondary N) is 2. The highest BCUT2D eigenvalue weighted by molar-refractivity contribution is 5.88. The lowest BCUT2D eigenvalue weighted by atomic mass is 10.1. The zero-order chi connectivity index (χ0) is 18.2. The molecule has 2 amide bonds. The number of hydrogen-bond donors (Lipinski definition) is 2. The maximum atomic E-state index is 12.9. The van der Waals surface area contributed by atoms with E-state index < -0.39 is 0 Å². The molecule has 2 N–H and O–H groups in total. The fourth-order valence-electron chi connectivity index (χ4n) is 2.44. The molecule has 0 aliphatic rings. The van der Waals surface area contributed by atoms with Gasteiger partial charge in [0.15, 0.2) is 0 Å². The largest absolute Gasteiger partial charge is 0.496 e. The van der Waals surface area contributed by atoms with E-state index in [0.29, 0.717) is 24.4 Å². The van der Waals surface area contributed by atoms with E-state index in [-0.39, 0.29) is 24.1 Å². The van der Waals surface area contributed by atoms with E-state index in [1.54, 1.807) is 31.4 Å². The minimum Gasteiger partial charge on any atom is -0.496 e. The molecule has 0 aliphatic heterocycles. The maximum Gasteiger partial charge on any atom is 0.224 e. The number of rotatable bonds is 7. The highest BCUT2D eigenvalue weighted by atomic mass is 19.1. The zero-order valence-corrected chi connectivity index (χ0v) is 14.3. The summed E-state index contributed by atoms with van der Waals surface area (Å²) in [6.07, 6.45) is 0.759. The van der Waals surface area contributed by atoms with Crippen molar-refractivity contribution in [2.75, 3.05) is 19.0 Å². The highest BCUT2D eigenvalue weighted by Gasteiger charge is 2.08. The third-order valence-electron chi connectivity index (χ3n) is 3.60. The normalized spacial score (nSPS) is 10.2. The first-order valence-corrected chi connectivity index (χ1v) is 7.93. The molecule has 132 valence electrons. The van der Waals surface area contributed by atoms with Gasteiger partial charge in [0.2, 0.25) is 11.8 Å². The molecule has 0 bridgehead atoms. The van der Waals surface area contributed by atoms with Crippen LogP contribution in [0.1, 0.15) is 18.1 Å². The molecule has 0 atom stereocenters. The van der Waals surface area contributed by atoms with E-state index in [1.807, 2.05) is 6.07 Å². The summed E-state index contributed by atoms with van der Waals surface area (Å²) in [5.74, 6) is 0.0875. The summed E-state index contributed by atoms with van der Waals surface area (Å²) in [6.45, 7) is 1.87. The van der Waals surface area contributed by atoms with Gasteiger partial charge in [0.1, 0.15) is 11.6 Å². The average Bonchev–Trinajstić information content (AvgIpc) is 2.57. The van der Waals surface area contributed by atoms with E-state index in [0.717, 1.165) is 11.1 Å². The Labute approximate surface area is 146 Å². The summed E-state index contributed by atoms with van der Waals surface area (Å²) in [5, 5.41) is 5.55. The Morgan fingerprint density at radius 1 is 1.12 bits per heavy atom. The Morgan fingerprint density at radius 2 is 1.84 bits per heavy atom. The molecule has 0 fully saturated rings. The second kappa shape index (κ2) is 8.82. The van der Waals surface area contributed by atoms with Crippen LogP contribution in [0, 0.1) is 5.82 Å². The molecular weight excluding hydrogens is 323 g/mol. The van der Waals surface area contributed by atoms with Gasteiger partial charge in [-0.1, -0.05) is 12.1 Å². The number of benzene rings is 2. The van der Waals surface area contributed by atoms with Gasteiger partial charge in [-0.3, -0.25) is 9.59 Å². The quantitative estimate of drug-likeness (QED) is 0.811. The average molecular weight is 344 g/mol. The van der Waals surface area contributed by atoms with Crippen LogP contribution < -0.4 is 15.4 Å². The van der Waals surface area contributed by atoms with Crippen molar-refractivity contribution in [3.63, 3.8) is 0 Å². The van der Waals surface area contributed by atoms with Crippen molar-refractivity contribution in [2.45, 2.75) is 19.8 Å². The molecule has 2 rings (SSSR count). The first-order valence-electron chi connectivity index (χ1n) is 7.93. The molecule has 0 saturated heterocycles. The molecule has 0 heterocycles. The van der Waals surface area contributed by atoms with Gasteiger partial charge in [0.05, 0.1) is 13.5 Å². The van der Waals surface area contributed by atoms with Crippen LogP contribution in [0.5, 0.6) is 5.75 Å². The molecule has 2 aromatic carbocycles. The number of methoxy groups -OCH3 is 1. The van der Waals surface area contributed by atoms with Crippen molar-refractivity contribution in [3.8, 4) is 5.75 Å². The summed E-state index contributed by atoms with van der Waals surface area (Å²) < 4.78 is 18.2. The Balaban J connectivity index is 1.90. The van der Waals surface area contributed by atoms with Crippen LogP contribution in [0.4, 0.5) is 10.1 Å². The minimum atomic E-state index is -0.324. The summed E-state index contributed by atoms with van der Waals surface area (Å²) >= 11 is 0. The van der Waals surface area contributed by atoms with Crippen molar-refractivity contribution in [2.24, 2.45) is 0 Å². The van der Waals surface area contributed by atoms with E-state index in [2.05, 4.69) is 10.6 Å². The molecule has 6 heteroatoms. The lowest BCUT2D eigenvalue weighted by Crippen LogP contribution is -2.27. The molecule has 0 aromatic heterocycles. The predicted octanol–water partition coefficient (Wildman–Crippen LogP) is 2.69. The zero-order valence-electron chi connectivity index (χ0n) is 14.3.